The van der Waals surface area contributed by atoms with Crippen LogP contribution in [0.4, 0.5) is 0 Å². The number of imidazole rings is 1. The Balaban J connectivity index is 1.61. The first-order chi connectivity index (χ1) is 15.2. The second kappa shape index (κ2) is 8.89. The predicted molar refractivity (Wildman–Crippen MR) is 123 cm³/mol. The number of hydrogen-bond acceptors (Lipinski definition) is 3. The fourth-order valence-electron chi connectivity index (χ4n) is 5.61. The zero-order valence-corrected chi connectivity index (χ0v) is 18.5. The molecule has 0 spiro atoms. The van der Waals surface area contributed by atoms with Crippen LogP contribution in [-0.2, 0) is 4.79 Å². The van der Waals surface area contributed by atoms with E-state index in [0.717, 1.165) is 53.9 Å². The summed E-state index contributed by atoms with van der Waals surface area (Å²) >= 11 is 0. The fourth-order valence-corrected chi connectivity index (χ4v) is 5.61. The molecule has 31 heavy (non-hydrogen) atoms. The van der Waals surface area contributed by atoms with Crippen LogP contribution in [0.5, 0.6) is 0 Å². The van der Waals surface area contributed by atoms with Gasteiger partial charge in [-0.2, -0.15) is 0 Å². The number of carbonyl (C=O) groups is 1. The van der Waals surface area contributed by atoms with Gasteiger partial charge in [0.25, 0.3) is 0 Å². The highest BCUT2D eigenvalue weighted by Gasteiger charge is 2.36. The smallest absolute Gasteiger partial charge is 0.243 e. The van der Waals surface area contributed by atoms with Crippen molar-refractivity contribution in [1.82, 2.24) is 14.9 Å². The van der Waals surface area contributed by atoms with Crippen LogP contribution in [0.25, 0.3) is 22.6 Å². The molecule has 0 saturated heterocycles. The third-order valence-electron chi connectivity index (χ3n) is 7.26. The highest BCUT2D eigenvalue weighted by Crippen LogP contribution is 2.39. The molecular weight excluding hydrogens is 386 g/mol. The van der Waals surface area contributed by atoms with E-state index in [4.69, 9.17) is 9.40 Å². The summed E-state index contributed by atoms with van der Waals surface area (Å²) in [7, 11) is 0. The number of aromatic nitrogens is 2. The number of amides is 1. The van der Waals surface area contributed by atoms with Gasteiger partial charge in [0.15, 0.2) is 11.6 Å². The molecule has 5 rings (SSSR count). The van der Waals surface area contributed by atoms with E-state index in [1.54, 1.807) is 6.26 Å². The van der Waals surface area contributed by atoms with Crippen molar-refractivity contribution in [2.45, 2.75) is 83.2 Å². The molecule has 3 aromatic rings. The Hall–Kier alpha value is -2.56. The van der Waals surface area contributed by atoms with Gasteiger partial charge in [0, 0.05) is 6.04 Å². The standard InChI is InChI=1S/C26H33N3O2/c1-18-16-17-31-24(18)25-28-21-14-8-9-15-22(21)29(25)23(19-10-4-2-5-11-19)26(30)27-20-12-6-3-7-13-20/h8-9,14-17,19-20,23H,2-7,10-13H2,1H3,(H,27,30). The first-order valence-electron chi connectivity index (χ1n) is 12.0. The number of benzene rings is 1. The zero-order chi connectivity index (χ0) is 21.2. The van der Waals surface area contributed by atoms with E-state index in [-0.39, 0.29) is 11.9 Å². The van der Waals surface area contributed by atoms with Crippen LogP contribution >= 0.6 is 0 Å². The molecule has 2 aliphatic rings. The third kappa shape index (κ3) is 4.02. The number of furan rings is 1. The van der Waals surface area contributed by atoms with Crippen LogP contribution in [0.15, 0.2) is 41.0 Å². The summed E-state index contributed by atoms with van der Waals surface area (Å²) in [6.07, 6.45) is 13.4. The number of nitrogens with zero attached hydrogens (tertiary/aromatic N) is 2. The molecule has 2 heterocycles. The van der Waals surface area contributed by atoms with Gasteiger partial charge in [-0.3, -0.25) is 4.79 Å². The number of hydrogen-bond donors (Lipinski definition) is 1. The molecule has 2 fully saturated rings. The molecule has 0 radical (unpaired) electrons. The summed E-state index contributed by atoms with van der Waals surface area (Å²) in [6, 6.07) is 10.2. The topological polar surface area (TPSA) is 60.1 Å². The van der Waals surface area contributed by atoms with E-state index >= 15 is 0 Å². The average Bonchev–Trinajstić information content (AvgIpc) is 3.39. The lowest BCUT2D eigenvalue weighted by atomic mass is 9.82. The Morgan fingerprint density at radius 3 is 2.45 bits per heavy atom. The molecule has 1 N–H and O–H groups in total. The van der Waals surface area contributed by atoms with Gasteiger partial charge in [-0.1, -0.05) is 50.7 Å². The van der Waals surface area contributed by atoms with Crippen molar-refractivity contribution in [2.75, 3.05) is 0 Å². The maximum Gasteiger partial charge on any atom is 0.243 e. The molecule has 0 aliphatic heterocycles. The van der Waals surface area contributed by atoms with Gasteiger partial charge in [0.2, 0.25) is 5.91 Å². The highest BCUT2D eigenvalue weighted by atomic mass is 16.3. The summed E-state index contributed by atoms with van der Waals surface area (Å²) in [5.41, 5.74) is 2.98. The molecule has 1 aromatic carbocycles. The van der Waals surface area contributed by atoms with Gasteiger partial charge >= 0.3 is 0 Å². The predicted octanol–water partition coefficient (Wildman–Crippen LogP) is 6.18. The Bertz CT molecular complexity index is 1040. The van der Waals surface area contributed by atoms with Crippen LogP contribution < -0.4 is 5.32 Å². The van der Waals surface area contributed by atoms with E-state index in [9.17, 15) is 4.79 Å². The SMILES string of the molecule is Cc1ccoc1-c1nc2ccccc2n1C(C(=O)NC1CCCCC1)C1CCCCC1. The Morgan fingerprint density at radius 2 is 1.74 bits per heavy atom. The molecule has 0 bridgehead atoms. The lowest BCUT2D eigenvalue weighted by Gasteiger charge is -2.33. The van der Waals surface area contributed by atoms with Crippen LogP contribution in [0.2, 0.25) is 0 Å². The molecule has 2 aliphatic carbocycles. The summed E-state index contributed by atoms with van der Waals surface area (Å²) in [6.45, 7) is 2.04. The van der Waals surface area contributed by atoms with Gasteiger partial charge in [0.1, 0.15) is 6.04 Å². The number of aryl methyl sites for hydroxylation is 1. The van der Waals surface area contributed by atoms with Gasteiger partial charge in [-0.25, -0.2) is 4.98 Å². The van der Waals surface area contributed by atoms with Crippen LogP contribution in [0, 0.1) is 12.8 Å². The monoisotopic (exact) mass is 419 g/mol. The molecule has 2 saturated carbocycles. The molecule has 2 aromatic heterocycles. The van der Waals surface area contributed by atoms with Crippen molar-refractivity contribution in [3.63, 3.8) is 0 Å². The average molecular weight is 420 g/mol. The van der Waals surface area contributed by atoms with Crippen molar-refractivity contribution in [1.29, 1.82) is 0 Å². The largest absolute Gasteiger partial charge is 0.461 e. The minimum atomic E-state index is -0.255. The summed E-state index contributed by atoms with van der Waals surface area (Å²) in [5, 5.41) is 3.44. The van der Waals surface area contributed by atoms with Gasteiger partial charge in [0.05, 0.1) is 17.3 Å². The van der Waals surface area contributed by atoms with Gasteiger partial charge in [-0.15, -0.1) is 0 Å². The van der Waals surface area contributed by atoms with Crippen LogP contribution in [-0.4, -0.2) is 21.5 Å². The molecule has 164 valence electrons. The Morgan fingerprint density at radius 1 is 1.03 bits per heavy atom. The first kappa shape index (κ1) is 20.3. The molecule has 5 heteroatoms. The number of carbonyl (C=O) groups excluding carboxylic acids is 1. The van der Waals surface area contributed by atoms with Crippen molar-refractivity contribution < 1.29 is 9.21 Å². The molecule has 1 atom stereocenters. The lowest BCUT2D eigenvalue weighted by molar-refractivity contribution is -0.127. The van der Waals surface area contributed by atoms with E-state index in [1.807, 2.05) is 31.2 Å². The lowest BCUT2D eigenvalue weighted by Crippen LogP contribution is -2.43. The second-order valence-electron chi connectivity index (χ2n) is 9.41. The number of rotatable bonds is 5. The Kier molecular flexibility index (Phi) is 5.84. The minimum Gasteiger partial charge on any atom is -0.461 e. The first-order valence-corrected chi connectivity index (χ1v) is 12.0. The molecular formula is C26H33N3O2. The third-order valence-corrected chi connectivity index (χ3v) is 7.26. The minimum absolute atomic E-state index is 0.160. The Labute approximate surface area is 184 Å². The fraction of sp³-hybridized carbons (Fsp3) is 0.538. The second-order valence-corrected chi connectivity index (χ2v) is 9.41. The van der Waals surface area contributed by atoms with Crippen molar-refractivity contribution in [3.05, 3.63) is 42.2 Å². The molecule has 5 nitrogen and oxygen atoms in total. The number of para-hydroxylation sites is 2. The number of nitrogens with one attached hydrogen (secondary N) is 1. The quantitative estimate of drug-likeness (QED) is 0.537. The van der Waals surface area contributed by atoms with Crippen molar-refractivity contribution >= 4 is 16.9 Å². The zero-order valence-electron chi connectivity index (χ0n) is 18.5. The summed E-state index contributed by atoms with van der Waals surface area (Å²) < 4.78 is 8.06. The van der Waals surface area contributed by atoms with E-state index < -0.39 is 0 Å². The number of fused-ring (bicyclic) bond motifs is 1. The van der Waals surface area contributed by atoms with Crippen LogP contribution in [0.1, 0.15) is 75.8 Å². The van der Waals surface area contributed by atoms with Crippen LogP contribution in [0.3, 0.4) is 0 Å². The maximum atomic E-state index is 13.9. The molecule has 1 unspecified atom stereocenters. The molecule has 1 amide bonds. The maximum absolute atomic E-state index is 13.9. The van der Waals surface area contributed by atoms with E-state index in [0.29, 0.717) is 12.0 Å². The normalized spacial score (nSPS) is 19.5. The van der Waals surface area contributed by atoms with Crippen molar-refractivity contribution in [2.24, 2.45) is 5.92 Å². The van der Waals surface area contributed by atoms with Crippen molar-refractivity contribution in [3.8, 4) is 11.6 Å². The van der Waals surface area contributed by atoms with E-state index in [1.165, 1.54) is 38.5 Å². The summed E-state index contributed by atoms with van der Waals surface area (Å²) in [5.74, 6) is 2.02. The van der Waals surface area contributed by atoms with E-state index in [2.05, 4.69) is 16.0 Å². The highest BCUT2D eigenvalue weighted by molar-refractivity contribution is 5.87. The summed E-state index contributed by atoms with van der Waals surface area (Å²) in [4.78, 5) is 18.8. The van der Waals surface area contributed by atoms with Gasteiger partial charge in [-0.05, 0) is 62.3 Å². The van der Waals surface area contributed by atoms with Gasteiger partial charge < -0.3 is 14.3 Å².